The number of rotatable bonds is 5. The van der Waals surface area contributed by atoms with Crippen molar-refractivity contribution in [3.05, 3.63) is 181 Å². The summed E-state index contributed by atoms with van der Waals surface area (Å²) in [7, 11) is 0. The number of fused-ring (bicyclic) bond motifs is 8. The molecular formula is C48H34N2O. The van der Waals surface area contributed by atoms with Crippen LogP contribution in [-0.2, 0) is 5.41 Å². The average molecular weight is 655 g/mol. The number of pyridine rings is 1. The summed E-state index contributed by atoms with van der Waals surface area (Å²) in [5, 5.41) is 4.43. The second kappa shape index (κ2) is 11.3. The van der Waals surface area contributed by atoms with E-state index in [0.29, 0.717) is 0 Å². The maximum absolute atomic E-state index is 6.86. The molecule has 3 nitrogen and oxygen atoms in total. The van der Waals surface area contributed by atoms with Gasteiger partial charge in [0, 0.05) is 33.6 Å². The first kappa shape index (κ1) is 29.5. The molecule has 0 spiro atoms. The number of nitrogens with zero attached hydrogens (tertiary/aromatic N) is 2. The van der Waals surface area contributed by atoms with Crippen molar-refractivity contribution < 1.29 is 4.42 Å². The highest BCUT2D eigenvalue weighted by atomic mass is 16.3. The molecule has 3 heteroatoms. The molecule has 0 radical (unpaired) electrons. The fourth-order valence-electron chi connectivity index (χ4n) is 8.22. The van der Waals surface area contributed by atoms with Crippen molar-refractivity contribution in [1.29, 1.82) is 0 Å². The molecule has 51 heavy (non-hydrogen) atoms. The van der Waals surface area contributed by atoms with Crippen LogP contribution >= 0.6 is 0 Å². The van der Waals surface area contributed by atoms with Crippen LogP contribution in [0.5, 0.6) is 0 Å². The molecular weight excluding hydrogens is 621 g/mol. The van der Waals surface area contributed by atoms with Crippen molar-refractivity contribution in [1.82, 2.24) is 4.98 Å². The minimum absolute atomic E-state index is 0.179. The van der Waals surface area contributed by atoms with Crippen molar-refractivity contribution in [3.63, 3.8) is 0 Å². The van der Waals surface area contributed by atoms with E-state index in [2.05, 4.69) is 176 Å². The van der Waals surface area contributed by atoms with Gasteiger partial charge >= 0.3 is 0 Å². The van der Waals surface area contributed by atoms with Crippen LogP contribution in [0.2, 0.25) is 0 Å². The number of aromatic nitrogens is 1. The highest BCUT2D eigenvalue weighted by Gasteiger charge is 2.37. The molecule has 10 rings (SSSR count). The van der Waals surface area contributed by atoms with Crippen molar-refractivity contribution >= 4 is 49.8 Å². The third-order valence-corrected chi connectivity index (χ3v) is 10.7. The lowest BCUT2D eigenvalue weighted by Gasteiger charge is -2.30. The largest absolute Gasteiger partial charge is 0.454 e. The monoisotopic (exact) mass is 654 g/mol. The van der Waals surface area contributed by atoms with Gasteiger partial charge in [0.2, 0.25) is 0 Å². The third-order valence-electron chi connectivity index (χ3n) is 10.7. The third kappa shape index (κ3) is 4.55. The highest BCUT2D eigenvalue weighted by Crippen LogP contribution is 2.54. The molecule has 7 aromatic carbocycles. The van der Waals surface area contributed by atoms with Crippen LogP contribution in [0.25, 0.3) is 66.1 Å². The molecule has 0 amide bonds. The number of hydrogen-bond acceptors (Lipinski definition) is 3. The Balaban J connectivity index is 1.28. The molecule has 0 unspecified atom stereocenters. The van der Waals surface area contributed by atoms with Crippen LogP contribution < -0.4 is 4.90 Å². The van der Waals surface area contributed by atoms with E-state index in [0.717, 1.165) is 55.5 Å². The molecule has 0 aliphatic heterocycles. The van der Waals surface area contributed by atoms with Crippen molar-refractivity contribution in [3.8, 4) is 33.4 Å². The van der Waals surface area contributed by atoms with Crippen LogP contribution in [-0.4, -0.2) is 4.98 Å². The molecule has 9 aromatic rings. The summed E-state index contributed by atoms with van der Waals surface area (Å²) < 4.78 is 6.86. The van der Waals surface area contributed by atoms with E-state index in [1.807, 2.05) is 12.4 Å². The summed E-state index contributed by atoms with van der Waals surface area (Å²) in [6, 6.07) is 56.6. The van der Waals surface area contributed by atoms with E-state index in [-0.39, 0.29) is 5.41 Å². The van der Waals surface area contributed by atoms with E-state index >= 15 is 0 Å². The predicted octanol–water partition coefficient (Wildman–Crippen LogP) is 13.2. The zero-order valence-electron chi connectivity index (χ0n) is 28.5. The number of furan rings is 1. The van der Waals surface area contributed by atoms with Crippen LogP contribution in [0.1, 0.15) is 25.0 Å². The Kier molecular flexibility index (Phi) is 6.53. The predicted molar refractivity (Wildman–Crippen MR) is 212 cm³/mol. The van der Waals surface area contributed by atoms with Gasteiger partial charge in [0.05, 0.1) is 11.9 Å². The summed E-state index contributed by atoms with van der Waals surface area (Å²) in [4.78, 5) is 7.27. The van der Waals surface area contributed by atoms with Gasteiger partial charge in [-0.3, -0.25) is 4.98 Å². The van der Waals surface area contributed by atoms with Crippen molar-refractivity contribution in [2.75, 3.05) is 4.90 Å². The molecule has 0 N–H and O–H groups in total. The van der Waals surface area contributed by atoms with E-state index in [9.17, 15) is 0 Å². The van der Waals surface area contributed by atoms with Gasteiger partial charge in [-0.2, -0.15) is 0 Å². The summed E-state index contributed by atoms with van der Waals surface area (Å²) in [6.07, 6.45) is 3.91. The lowest BCUT2D eigenvalue weighted by Crippen LogP contribution is -2.17. The fraction of sp³-hybridized carbons (Fsp3) is 0.0625. The zero-order valence-corrected chi connectivity index (χ0v) is 28.5. The van der Waals surface area contributed by atoms with Gasteiger partial charge in [0.15, 0.2) is 5.58 Å². The van der Waals surface area contributed by atoms with E-state index in [4.69, 9.17) is 9.40 Å². The van der Waals surface area contributed by atoms with Gasteiger partial charge in [-0.1, -0.05) is 141 Å². The summed E-state index contributed by atoms with van der Waals surface area (Å²) in [6.45, 7) is 4.69. The second-order valence-corrected chi connectivity index (χ2v) is 14.0. The van der Waals surface area contributed by atoms with Crippen LogP contribution in [0.3, 0.4) is 0 Å². The molecule has 0 atom stereocenters. The molecule has 0 saturated heterocycles. The van der Waals surface area contributed by atoms with Crippen LogP contribution in [0.4, 0.5) is 17.1 Å². The Labute approximate surface area is 297 Å². The quantitative estimate of drug-likeness (QED) is 0.185. The first-order valence-electron chi connectivity index (χ1n) is 17.5. The van der Waals surface area contributed by atoms with Crippen molar-refractivity contribution in [2.24, 2.45) is 0 Å². The minimum atomic E-state index is -0.179. The SMILES string of the molecule is CC1(C)c2ccccc2-c2cc(-c3ccccc3)c(N(c3ccc(-c4ccccc4)cc3)c3cncc4c3oc3ccc5ccccc5c34)cc21. The van der Waals surface area contributed by atoms with Gasteiger partial charge in [0.25, 0.3) is 0 Å². The lowest BCUT2D eigenvalue weighted by molar-refractivity contribution is 0.660. The fourth-order valence-corrected chi connectivity index (χ4v) is 8.22. The van der Waals surface area contributed by atoms with Crippen molar-refractivity contribution in [2.45, 2.75) is 19.3 Å². The standard InChI is InChI=1S/C48H34N2O/c1-48(2)41-20-12-11-19-37(41)39-27-38(33-15-7-4-8-16-33)43(28-42(39)48)50(35-24-21-32(22-25-35)31-13-5-3-6-14-31)44-30-49-29-40-46-36-18-10-9-17-34(36)23-26-45(46)51-47(40)44/h3-30H,1-2H3. The zero-order chi connectivity index (χ0) is 34.1. The molecule has 1 aliphatic rings. The van der Waals surface area contributed by atoms with Gasteiger partial charge in [-0.25, -0.2) is 0 Å². The molecule has 0 bridgehead atoms. The summed E-state index contributed by atoms with van der Waals surface area (Å²) >= 11 is 0. The number of hydrogen-bond donors (Lipinski definition) is 0. The van der Waals surface area contributed by atoms with Gasteiger partial charge in [0.1, 0.15) is 11.3 Å². The average Bonchev–Trinajstić information content (AvgIpc) is 3.68. The topological polar surface area (TPSA) is 29.3 Å². The molecule has 0 fully saturated rings. The minimum Gasteiger partial charge on any atom is -0.454 e. The Bertz CT molecular complexity index is 2760. The molecule has 2 heterocycles. The summed E-state index contributed by atoms with van der Waals surface area (Å²) in [5.41, 5.74) is 14.4. The van der Waals surface area contributed by atoms with E-state index in [1.165, 1.54) is 38.8 Å². The molecule has 0 saturated carbocycles. The molecule has 1 aliphatic carbocycles. The smallest absolute Gasteiger partial charge is 0.162 e. The first-order chi connectivity index (χ1) is 25.1. The number of benzene rings is 7. The van der Waals surface area contributed by atoms with Gasteiger partial charge in [-0.05, 0) is 80.0 Å². The molecule has 2 aromatic heterocycles. The highest BCUT2D eigenvalue weighted by molar-refractivity contribution is 6.20. The van der Waals surface area contributed by atoms with Crippen LogP contribution in [0.15, 0.2) is 175 Å². The van der Waals surface area contributed by atoms with E-state index < -0.39 is 0 Å². The molecule has 242 valence electrons. The summed E-state index contributed by atoms with van der Waals surface area (Å²) in [5.74, 6) is 0. The Hall–Kier alpha value is -6.45. The van der Waals surface area contributed by atoms with Gasteiger partial charge < -0.3 is 9.32 Å². The van der Waals surface area contributed by atoms with Gasteiger partial charge in [-0.15, -0.1) is 0 Å². The van der Waals surface area contributed by atoms with Crippen LogP contribution in [0, 0.1) is 0 Å². The lowest BCUT2D eigenvalue weighted by atomic mass is 9.81. The Morgan fingerprint density at radius 2 is 1.20 bits per heavy atom. The number of anilines is 3. The first-order valence-corrected chi connectivity index (χ1v) is 17.5. The Morgan fingerprint density at radius 1 is 0.510 bits per heavy atom. The Morgan fingerprint density at radius 3 is 2.00 bits per heavy atom. The maximum atomic E-state index is 6.86. The second-order valence-electron chi connectivity index (χ2n) is 14.0. The normalized spacial score (nSPS) is 13.1. The van der Waals surface area contributed by atoms with E-state index in [1.54, 1.807) is 0 Å². The maximum Gasteiger partial charge on any atom is 0.162 e.